The maximum Gasteiger partial charge on any atom is 0.158 e. The van der Waals surface area contributed by atoms with Crippen LogP contribution in [0.5, 0.6) is 0 Å². The first-order chi connectivity index (χ1) is 10.2. The van der Waals surface area contributed by atoms with E-state index in [0.717, 1.165) is 34.9 Å². The van der Waals surface area contributed by atoms with Gasteiger partial charge < -0.3 is 15.4 Å². The Labute approximate surface area is 137 Å². The zero-order chi connectivity index (χ0) is 15.1. The van der Waals surface area contributed by atoms with Crippen molar-refractivity contribution in [1.29, 1.82) is 0 Å². The van der Waals surface area contributed by atoms with Gasteiger partial charge in [-0.2, -0.15) is 0 Å². The largest absolute Gasteiger partial charge is 0.377 e. The van der Waals surface area contributed by atoms with E-state index in [1.807, 2.05) is 12.1 Å². The van der Waals surface area contributed by atoms with Crippen molar-refractivity contribution in [3.05, 3.63) is 32.7 Å². The molecule has 2 rings (SSSR count). The van der Waals surface area contributed by atoms with Crippen LogP contribution in [-0.2, 0) is 17.9 Å². The normalized spacial score (nSPS) is 10.6. The van der Waals surface area contributed by atoms with Crippen LogP contribution < -0.4 is 10.6 Å². The minimum Gasteiger partial charge on any atom is -0.377 e. The third kappa shape index (κ3) is 5.26. The van der Waals surface area contributed by atoms with E-state index in [4.69, 9.17) is 4.74 Å². The van der Waals surface area contributed by atoms with E-state index in [1.54, 1.807) is 18.4 Å². The Morgan fingerprint density at radius 2 is 2.00 bits per heavy atom. The third-order valence-electron chi connectivity index (χ3n) is 2.67. The Morgan fingerprint density at radius 3 is 2.62 bits per heavy atom. The molecule has 2 N–H and O–H groups in total. The number of anilines is 2. The molecule has 0 aromatic carbocycles. The predicted molar refractivity (Wildman–Crippen MR) is 90.9 cm³/mol. The molecule has 0 unspecified atom stereocenters. The lowest BCUT2D eigenvalue weighted by molar-refractivity contribution is 0.178. The van der Waals surface area contributed by atoms with Gasteiger partial charge in [0.15, 0.2) is 5.82 Å². The molecule has 0 bridgehead atoms. The van der Waals surface area contributed by atoms with Gasteiger partial charge in [0.1, 0.15) is 18.2 Å². The Kier molecular flexibility index (Phi) is 6.41. The van der Waals surface area contributed by atoms with Crippen LogP contribution in [0.25, 0.3) is 0 Å². The molecular weight excluding hydrogens is 352 g/mol. The van der Waals surface area contributed by atoms with Crippen LogP contribution in [0.3, 0.4) is 0 Å². The molecule has 0 aliphatic heterocycles. The van der Waals surface area contributed by atoms with Crippen molar-refractivity contribution in [2.24, 2.45) is 0 Å². The molecule has 114 valence electrons. The van der Waals surface area contributed by atoms with E-state index in [9.17, 15) is 0 Å². The fraction of sp³-hybridized carbons (Fsp3) is 0.429. The molecule has 21 heavy (non-hydrogen) atoms. The number of thiophene rings is 1. The van der Waals surface area contributed by atoms with Crippen molar-refractivity contribution >= 4 is 38.9 Å². The minimum absolute atomic E-state index is 0.404. The van der Waals surface area contributed by atoms with Crippen molar-refractivity contribution in [2.75, 3.05) is 24.3 Å². The molecule has 0 atom stereocenters. The van der Waals surface area contributed by atoms with E-state index in [2.05, 4.69) is 49.5 Å². The summed E-state index contributed by atoms with van der Waals surface area (Å²) >= 11 is 5.18. The van der Waals surface area contributed by atoms with Crippen LogP contribution >= 0.6 is 27.3 Å². The first-order valence-electron chi connectivity index (χ1n) is 6.80. The van der Waals surface area contributed by atoms with Gasteiger partial charge in [0.05, 0.1) is 10.3 Å². The maximum atomic E-state index is 5.12. The van der Waals surface area contributed by atoms with Gasteiger partial charge in [-0.05, 0) is 34.5 Å². The smallest absolute Gasteiger partial charge is 0.158 e. The first kappa shape index (κ1) is 16.2. The second kappa shape index (κ2) is 8.31. The SMILES string of the molecule is CCCNc1cc(NCc2ccc(Br)s2)nc(COC)n1. The summed E-state index contributed by atoms with van der Waals surface area (Å²) in [5, 5.41) is 6.62. The molecular formula is C14H19BrN4OS. The lowest BCUT2D eigenvalue weighted by Gasteiger charge is -2.10. The molecule has 0 saturated heterocycles. The van der Waals surface area contributed by atoms with Gasteiger partial charge in [-0.25, -0.2) is 9.97 Å². The number of nitrogens with one attached hydrogen (secondary N) is 2. The van der Waals surface area contributed by atoms with Gasteiger partial charge in [-0.1, -0.05) is 6.92 Å². The second-order valence-electron chi connectivity index (χ2n) is 4.47. The number of rotatable bonds is 8. The predicted octanol–water partition coefficient (Wildman–Crippen LogP) is 3.88. The monoisotopic (exact) mass is 370 g/mol. The molecule has 7 heteroatoms. The summed E-state index contributed by atoms with van der Waals surface area (Å²) in [4.78, 5) is 10.1. The zero-order valence-electron chi connectivity index (χ0n) is 12.1. The summed E-state index contributed by atoms with van der Waals surface area (Å²) in [6.07, 6.45) is 1.05. The molecule has 0 amide bonds. The van der Waals surface area contributed by atoms with Crippen molar-refractivity contribution in [3.63, 3.8) is 0 Å². The highest BCUT2D eigenvalue weighted by atomic mass is 79.9. The molecule has 2 aromatic heterocycles. The number of nitrogens with zero attached hydrogens (tertiary/aromatic N) is 2. The topological polar surface area (TPSA) is 59.1 Å². The maximum absolute atomic E-state index is 5.12. The van der Waals surface area contributed by atoms with Crippen LogP contribution in [0.2, 0.25) is 0 Å². The summed E-state index contributed by atoms with van der Waals surface area (Å²) < 4.78 is 6.26. The van der Waals surface area contributed by atoms with Crippen molar-refractivity contribution < 1.29 is 4.74 Å². The minimum atomic E-state index is 0.404. The molecule has 0 saturated carbocycles. The van der Waals surface area contributed by atoms with Gasteiger partial charge in [0.2, 0.25) is 0 Å². The number of methoxy groups -OCH3 is 1. The van der Waals surface area contributed by atoms with E-state index in [1.165, 1.54) is 4.88 Å². The Morgan fingerprint density at radius 1 is 1.24 bits per heavy atom. The fourth-order valence-corrected chi connectivity index (χ4v) is 3.17. The Balaban J connectivity index is 2.07. The van der Waals surface area contributed by atoms with Crippen molar-refractivity contribution in [3.8, 4) is 0 Å². The van der Waals surface area contributed by atoms with Crippen molar-refractivity contribution in [2.45, 2.75) is 26.5 Å². The zero-order valence-corrected chi connectivity index (χ0v) is 14.6. The van der Waals surface area contributed by atoms with Gasteiger partial charge in [-0.15, -0.1) is 11.3 Å². The third-order valence-corrected chi connectivity index (χ3v) is 4.30. The highest BCUT2D eigenvalue weighted by Crippen LogP contribution is 2.23. The molecule has 0 spiro atoms. The molecule has 0 aliphatic rings. The van der Waals surface area contributed by atoms with Crippen LogP contribution in [0.4, 0.5) is 11.6 Å². The highest BCUT2D eigenvalue weighted by molar-refractivity contribution is 9.11. The summed E-state index contributed by atoms with van der Waals surface area (Å²) in [7, 11) is 1.64. The van der Waals surface area contributed by atoms with Gasteiger partial charge in [0, 0.05) is 24.6 Å². The van der Waals surface area contributed by atoms with E-state index < -0.39 is 0 Å². The molecule has 0 fully saturated rings. The van der Waals surface area contributed by atoms with E-state index in [-0.39, 0.29) is 0 Å². The van der Waals surface area contributed by atoms with Crippen LogP contribution in [0.1, 0.15) is 24.0 Å². The standard InChI is InChI=1S/C14H19BrN4OS/c1-3-6-16-12-7-13(19-14(18-12)9-20-2)17-8-10-4-5-11(15)21-10/h4-5,7H,3,6,8-9H2,1-2H3,(H2,16,17,18,19). The number of halogens is 1. The molecule has 2 heterocycles. The fourth-order valence-electron chi connectivity index (χ4n) is 1.75. The highest BCUT2D eigenvalue weighted by Gasteiger charge is 2.05. The average molecular weight is 371 g/mol. The number of hydrogen-bond acceptors (Lipinski definition) is 6. The van der Waals surface area contributed by atoms with Crippen LogP contribution in [0, 0.1) is 0 Å². The number of ether oxygens (including phenoxy) is 1. The molecule has 0 radical (unpaired) electrons. The lowest BCUT2D eigenvalue weighted by Crippen LogP contribution is -2.09. The summed E-state index contributed by atoms with van der Waals surface area (Å²) in [6.45, 7) is 4.16. The molecule has 5 nitrogen and oxygen atoms in total. The number of hydrogen-bond donors (Lipinski definition) is 2. The Bertz CT molecular complexity index is 576. The summed E-state index contributed by atoms with van der Waals surface area (Å²) in [6, 6.07) is 6.07. The van der Waals surface area contributed by atoms with E-state index in [0.29, 0.717) is 12.4 Å². The van der Waals surface area contributed by atoms with Gasteiger partial charge in [-0.3, -0.25) is 0 Å². The van der Waals surface area contributed by atoms with Gasteiger partial charge >= 0.3 is 0 Å². The summed E-state index contributed by atoms with van der Waals surface area (Å²) in [5.41, 5.74) is 0. The Hall–Kier alpha value is -1.18. The average Bonchev–Trinajstić information content (AvgIpc) is 2.89. The van der Waals surface area contributed by atoms with E-state index >= 15 is 0 Å². The second-order valence-corrected chi connectivity index (χ2v) is 7.02. The number of aromatic nitrogens is 2. The molecule has 2 aromatic rings. The quantitative estimate of drug-likeness (QED) is 0.738. The summed E-state index contributed by atoms with van der Waals surface area (Å²) in [5.74, 6) is 2.31. The van der Waals surface area contributed by atoms with Crippen LogP contribution in [0.15, 0.2) is 22.0 Å². The van der Waals surface area contributed by atoms with Crippen molar-refractivity contribution in [1.82, 2.24) is 9.97 Å². The first-order valence-corrected chi connectivity index (χ1v) is 8.41. The molecule has 0 aliphatic carbocycles. The van der Waals surface area contributed by atoms with Gasteiger partial charge in [0.25, 0.3) is 0 Å². The van der Waals surface area contributed by atoms with Crippen LogP contribution in [-0.4, -0.2) is 23.6 Å². The lowest BCUT2D eigenvalue weighted by atomic mass is 10.4.